The van der Waals surface area contributed by atoms with Gasteiger partial charge in [-0.2, -0.15) is 0 Å². The quantitative estimate of drug-likeness (QED) is 0.869. The van der Waals surface area contributed by atoms with Crippen LogP contribution in [-0.2, 0) is 4.74 Å². The number of aliphatic hydroxyl groups excluding tert-OH is 1. The van der Waals surface area contributed by atoms with Crippen LogP contribution >= 0.6 is 0 Å². The number of carbonyl (C=O) groups excluding carboxylic acids is 1. The van der Waals surface area contributed by atoms with E-state index in [9.17, 15) is 13.6 Å². The molecule has 1 aliphatic heterocycles. The van der Waals surface area contributed by atoms with Crippen LogP contribution in [0.4, 0.5) is 13.6 Å². The van der Waals surface area contributed by atoms with E-state index in [0.717, 1.165) is 25.0 Å². The second-order valence-corrected chi connectivity index (χ2v) is 5.96. The van der Waals surface area contributed by atoms with Crippen LogP contribution in [0.2, 0.25) is 0 Å². The van der Waals surface area contributed by atoms with E-state index in [-0.39, 0.29) is 24.7 Å². The number of rotatable bonds is 5. The molecule has 2 aliphatic rings. The van der Waals surface area contributed by atoms with Crippen molar-refractivity contribution in [3.8, 4) is 0 Å². The van der Waals surface area contributed by atoms with Crippen LogP contribution in [0.25, 0.3) is 0 Å². The van der Waals surface area contributed by atoms with Crippen molar-refractivity contribution in [2.75, 3.05) is 19.8 Å². The highest BCUT2D eigenvalue weighted by molar-refractivity contribution is 5.75. The van der Waals surface area contributed by atoms with Crippen molar-refractivity contribution in [2.45, 2.75) is 37.5 Å². The molecule has 7 heteroatoms. The molecular formula is C16H20F2N2O3. The first-order chi connectivity index (χ1) is 11.1. The van der Waals surface area contributed by atoms with Crippen molar-refractivity contribution >= 4 is 6.03 Å². The Balaban J connectivity index is 1.68. The summed E-state index contributed by atoms with van der Waals surface area (Å²) < 4.78 is 32.1. The summed E-state index contributed by atoms with van der Waals surface area (Å²) in [5.74, 6) is -1.84. The smallest absolute Gasteiger partial charge is 0.318 e. The van der Waals surface area contributed by atoms with Gasteiger partial charge in [0.25, 0.3) is 0 Å². The van der Waals surface area contributed by atoms with Gasteiger partial charge in [0.15, 0.2) is 11.6 Å². The van der Waals surface area contributed by atoms with Crippen molar-refractivity contribution in [2.24, 2.45) is 0 Å². The molecule has 126 valence electrons. The zero-order valence-corrected chi connectivity index (χ0v) is 12.7. The maximum Gasteiger partial charge on any atom is 0.318 e. The topological polar surface area (TPSA) is 61.8 Å². The maximum absolute atomic E-state index is 13.4. The fraction of sp³-hybridized carbons (Fsp3) is 0.562. The third-order valence-corrected chi connectivity index (χ3v) is 4.26. The minimum atomic E-state index is -0.928. The number of nitrogens with one attached hydrogen (secondary N) is 1. The van der Waals surface area contributed by atoms with Gasteiger partial charge in [-0.05, 0) is 37.0 Å². The Hall–Kier alpha value is -1.73. The molecule has 0 bridgehead atoms. The number of carbonyl (C=O) groups is 1. The summed E-state index contributed by atoms with van der Waals surface area (Å²) in [5.41, 5.74) is 0.506. The summed E-state index contributed by atoms with van der Waals surface area (Å²) in [6, 6.07) is 3.28. The Kier molecular flexibility index (Phi) is 4.77. The summed E-state index contributed by atoms with van der Waals surface area (Å²) in [7, 11) is 0. The third kappa shape index (κ3) is 3.61. The molecule has 5 nitrogen and oxygen atoms in total. The highest BCUT2D eigenvalue weighted by Crippen LogP contribution is 2.31. The lowest BCUT2D eigenvalue weighted by Gasteiger charge is -2.26. The second-order valence-electron chi connectivity index (χ2n) is 5.96. The molecule has 2 atom stereocenters. The van der Waals surface area contributed by atoms with Crippen molar-refractivity contribution in [1.82, 2.24) is 10.2 Å². The first-order valence-electron chi connectivity index (χ1n) is 7.84. The molecule has 3 rings (SSSR count). The maximum atomic E-state index is 13.4. The molecule has 0 aromatic heterocycles. The molecule has 1 saturated carbocycles. The van der Waals surface area contributed by atoms with Crippen molar-refractivity contribution in [1.29, 1.82) is 0 Å². The number of hydrogen-bond acceptors (Lipinski definition) is 3. The number of nitrogens with zero attached hydrogens (tertiary/aromatic N) is 1. The zero-order valence-electron chi connectivity index (χ0n) is 12.7. The third-order valence-electron chi connectivity index (χ3n) is 4.26. The molecule has 2 N–H and O–H groups in total. The van der Waals surface area contributed by atoms with Crippen LogP contribution in [-0.4, -0.2) is 47.9 Å². The highest BCUT2D eigenvalue weighted by Gasteiger charge is 2.36. The summed E-state index contributed by atoms with van der Waals surface area (Å²) in [6.45, 7) is 0.648. The molecule has 0 radical (unpaired) electrons. The van der Waals surface area contributed by atoms with Gasteiger partial charge in [0, 0.05) is 19.2 Å². The molecule has 1 aliphatic carbocycles. The summed E-state index contributed by atoms with van der Waals surface area (Å²) in [4.78, 5) is 14.0. The largest absolute Gasteiger partial charge is 0.395 e. The number of halogens is 2. The van der Waals surface area contributed by atoms with Gasteiger partial charge in [-0.1, -0.05) is 6.07 Å². The summed E-state index contributed by atoms with van der Waals surface area (Å²) in [5, 5.41) is 12.0. The normalized spacial score (nSPS) is 23.8. The van der Waals surface area contributed by atoms with Gasteiger partial charge < -0.3 is 20.1 Å². The molecule has 1 aromatic carbocycles. The van der Waals surface area contributed by atoms with Gasteiger partial charge in [-0.25, -0.2) is 13.6 Å². The lowest BCUT2D eigenvalue weighted by Crippen LogP contribution is -2.47. The van der Waals surface area contributed by atoms with Crippen LogP contribution in [0, 0.1) is 11.6 Å². The first-order valence-corrected chi connectivity index (χ1v) is 7.84. The first kappa shape index (κ1) is 16.1. The summed E-state index contributed by atoms with van der Waals surface area (Å²) >= 11 is 0. The Morgan fingerprint density at radius 3 is 2.74 bits per heavy atom. The molecule has 1 aromatic rings. The lowest BCUT2D eigenvalue weighted by atomic mass is 10.0. The van der Waals surface area contributed by atoms with E-state index in [0.29, 0.717) is 25.1 Å². The van der Waals surface area contributed by atoms with Gasteiger partial charge in [0.2, 0.25) is 0 Å². The van der Waals surface area contributed by atoms with Crippen LogP contribution in [0.3, 0.4) is 0 Å². The van der Waals surface area contributed by atoms with E-state index >= 15 is 0 Å². The van der Waals surface area contributed by atoms with Crippen molar-refractivity contribution in [3.63, 3.8) is 0 Å². The highest BCUT2D eigenvalue weighted by atomic mass is 19.2. The van der Waals surface area contributed by atoms with Gasteiger partial charge in [0.05, 0.1) is 12.6 Å². The Labute approximate surface area is 133 Å². The van der Waals surface area contributed by atoms with Crippen LogP contribution in [0.5, 0.6) is 0 Å². The van der Waals surface area contributed by atoms with Gasteiger partial charge >= 0.3 is 6.03 Å². The Bertz CT molecular complexity index is 580. The number of ether oxygens (including phenoxy) is 1. The van der Waals surface area contributed by atoms with E-state index in [1.165, 1.54) is 6.07 Å². The predicted octanol–water partition coefficient (Wildman–Crippen LogP) is 1.96. The minimum Gasteiger partial charge on any atom is -0.395 e. The fourth-order valence-corrected chi connectivity index (χ4v) is 2.94. The standard InChI is InChI=1S/C16H20F2N2O3/c17-12-4-1-10(9-13(12)18)15-14(5-8-23-15)19-16(22)20(6-7-21)11-2-3-11/h1,4,9,11,14-15,21H,2-3,5-8H2,(H,19,22). The van der Waals surface area contributed by atoms with Gasteiger partial charge in [0.1, 0.15) is 6.10 Å². The average molecular weight is 326 g/mol. The summed E-state index contributed by atoms with van der Waals surface area (Å²) in [6.07, 6.45) is 2.00. The molecule has 2 unspecified atom stereocenters. The SMILES string of the molecule is O=C(NC1CCOC1c1ccc(F)c(F)c1)N(CCO)C1CC1. The number of hydrogen-bond donors (Lipinski definition) is 2. The number of amides is 2. The number of benzene rings is 1. The second kappa shape index (κ2) is 6.80. The molecule has 0 spiro atoms. The molecule has 1 heterocycles. The predicted molar refractivity (Wildman–Crippen MR) is 78.8 cm³/mol. The van der Waals surface area contributed by atoms with Crippen molar-refractivity contribution < 1.29 is 23.4 Å². The molecule has 2 amide bonds. The molecule has 23 heavy (non-hydrogen) atoms. The van der Waals surface area contributed by atoms with Crippen LogP contribution < -0.4 is 5.32 Å². The fourth-order valence-electron chi connectivity index (χ4n) is 2.94. The van der Waals surface area contributed by atoms with Crippen LogP contribution in [0.15, 0.2) is 18.2 Å². The van der Waals surface area contributed by atoms with Gasteiger partial charge in [-0.3, -0.25) is 0 Å². The van der Waals surface area contributed by atoms with E-state index < -0.39 is 17.7 Å². The van der Waals surface area contributed by atoms with E-state index in [1.54, 1.807) is 4.90 Å². The van der Waals surface area contributed by atoms with Crippen molar-refractivity contribution in [3.05, 3.63) is 35.4 Å². The average Bonchev–Trinajstić information content (AvgIpc) is 3.27. The number of aliphatic hydroxyl groups is 1. The lowest BCUT2D eigenvalue weighted by molar-refractivity contribution is 0.0969. The molecular weight excluding hydrogens is 306 g/mol. The van der Waals surface area contributed by atoms with Gasteiger partial charge in [-0.15, -0.1) is 0 Å². The van der Waals surface area contributed by atoms with E-state index in [2.05, 4.69) is 5.32 Å². The zero-order chi connectivity index (χ0) is 16.4. The van der Waals surface area contributed by atoms with Crippen LogP contribution in [0.1, 0.15) is 30.9 Å². The Morgan fingerprint density at radius 1 is 1.30 bits per heavy atom. The monoisotopic (exact) mass is 326 g/mol. The molecule has 2 fully saturated rings. The Morgan fingerprint density at radius 2 is 2.09 bits per heavy atom. The molecule has 1 saturated heterocycles. The number of urea groups is 1. The van der Waals surface area contributed by atoms with E-state index in [4.69, 9.17) is 9.84 Å². The van der Waals surface area contributed by atoms with E-state index in [1.807, 2.05) is 0 Å². The minimum absolute atomic E-state index is 0.0856.